The standard InChI is InChI=1S/C15H11ClN4O2/c1-11-4-2-3-5-13(11)20-19-12-6-7-15(17-9-21,18-10-22)14(16)8-12/h2-8,12H,1H3/b20-19+. The molecule has 1 aromatic carbocycles. The smallest absolute Gasteiger partial charge is 0.211 e. The Labute approximate surface area is 131 Å². The Morgan fingerprint density at radius 1 is 1.18 bits per heavy atom. The van der Waals surface area contributed by atoms with Crippen molar-refractivity contribution in [3.8, 4) is 0 Å². The Morgan fingerprint density at radius 3 is 2.45 bits per heavy atom. The number of halogens is 1. The summed E-state index contributed by atoms with van der Waals surface area (Å²) in [6.07, 6.45) is 7.18. The third-order valence-electron chi connectivity index (χ3n) is 3.04. The Morgan fingerprint density at radius 2 is 1.86 bits per heavy atom. The van der Waals surface area contributed by atoms with E-state index in [1.165, 1.54) is 24.3 Å². The lowest BCUT2D eigenvalue weighted by atomic mass is 10.0. The molecule has 0 fully saturated rings. The first-order chi connectivity index (χ1) is 10.6. The Balaban J connectivity index is 2.26. The summed E-state index contributed by atoms with van der Waals surface area (Å²) in [5, 5.41) is 8.37. The fourth-order valence-corrected chi connectivity index (χ4v) is 2.14. The fraction of sp³-hybridized carbons (Fsp3) is 0.200. The molecule has 0 spiro atoms. The molecule has 2 rings (SSSR count). The third kappa shape index (κ3) is 3.32. The molecule has 0 N–H and O–H groups in total. The van der Waals surface area contributed by atoms with Crippen molar-refractivity contribution in [1.82, 2.24) is 0 Å². The summed E-state index contributed by atoms with van der Waals surface area (Å²) < 4.78 is 0. The van der Waals surface area contributed by atoms with E-state index < -0.39 is 11.7 Å². The van der Waals surface area contributed by atoms with Gasteiger partial charge in [-0.3, -0.25) is 0 Å². The van der Waals surface area contributed by atoms with E-state index in [1.807, 2.05) is 31.2 Å². The van der Waals surface area contributed by atoms with E-state index in [0.29, 0.717) is 0 Å². The molecule has 1 aromatic rings. The number of nitrogens with zero attached hydrogens (tertiary/aromatic N) is 4. The molecule has 0 amide bonds. The van der Waals surface area contributed by atoms with Crippen molar-refractivity contribution in [2.75, 3.05) is 0 Å². The molecule has 1 aliphatic rings. The predicted molar refractivity (Wildman–Crippen MR) is 81.5 cm³/mol. The summed E-state index contributed by atoms with van der Waals surface area (Å²) in [4.78, 5) is 27.9. The summed E-state index contributed by atoms with van der Waals surface area (Å²) in [6, 6.07) is 7.10. The van der Waals surface area contributed by atoms with Crippen LogP contribution >= 0.6 is 11.6 Å². The first-order valence-corrected chi connectivity index (χ1v) is 6.71. The van der Waals surface area contributed by atoms with Crippen molar-refractivity contribution < 1.29 is 9.59 Å². The molecule has 1 unspecified atom stereocenters. The largest absolute Gasteiger partial charge is 0.238 e. The Kier molecular flexibility index (Phi) is 4.92. The number of carbonyl (C=O) groups excluding carboxylic acids is 2. The van der Waals surface area contributed by atoms with Gasteiger partial charge in [-0.15, -0.1) is 0 Å². The van der Waals surface area contributed by atoms with E-state index in [9.17, 15) is 9.59 Å². The molecule has 1 atom stereocenters. The van der Waals surface area contributed by atoms with Crippen LogP contribution in [-0.4, -0.2) is 23.9 Å². The molecule has 0 heterocycles. The minimum Gasteiger partial charge on any atom is -0.211 e. The number of isocyanates is 2. The third-order valence-corrected chi connectivity index (χ3v) is 3.44. The number of aryl methyl sites for hydroxylation is 1. The zero-order valence-electron chi connectivity index (χ0n) is 11.6. The van der Waals surface area contributed by atoms with Crippen molar-refractivity contribution in [1.29, 1.82) is 0 Å². The van der Waals surface area contributed by atoms with Crippen molar-refractivity contribution in [3.63, 3.8) is 0 Å². The molecule has 110 valence electrons. The minimum atomic E-state index is -1.58. The summed E-state index contributed by atoms with van der Waals surface area (Å²) in [5.74, 6) is 0. The van der Waals surface area contributed by atoms with Crippen molar-refractivity contribution in [3.05, 3.63) is 53.1 Å². The molecule has 0 radical (unpaired) electrons. The van der Waals surface area contributed by atoms with E-state index in [2.05, 4.69) is 20.2 Å². The molecular formula is C15H11ClN4O2. The van der Waals surface area contributed by atoms with E-state index >= 15 is 0 Å². The van der Waals surface area contributed by atoms with Crippen molar-refractivity contribution in [2.45, 2.75) is 18.6 Å². The molecule has 0 aromatic heterocycles. The fourth-order valence-electron chi connectivity index (χ4n) is 1.86. The molecular weight excluding hydrogens is 304 g/mol. The molecule has 1 aliphatic carbocycles. The first-order valence-electron chi connectivity index (χ1n) is 6.33. The highest BCUT2D eigenvalue weighted by molar-refractivity contribution is 6.31. The van der Waals surface area contributed by atoms with Crippen LogP contribution in [0.2, 0.25) is 0 Å². The second-order valence-corrected chi connectivity index (χ2v) is 4.91. The van der Waals surface area contributed by atoms with Gasteiger partial charge >= 0.3 is 0 Å². The SMILES string of the molecule is Cc1ccccc1/N=N/C1C=CC(N=C=O)(N=C=O)C(Cl)=C1. The second-order valence-electron chi connectivity index (χ2n) is 4.50. The van der Waals surface area contributed by atoms with Gasteiger partial charge in [-0.1, -0.05) is 35.9 Å². The van der Waals surface area contributed by atoms with Gasteiger partial charge in [0.2, 0.25) is 17.8 Å². The summed E-state index contributed by atoms with van der Waals surface area (Å²) in [5.41, 5.74) is 0.153. The molecule has 22 heavy (non-hydrogen) atoms. The van der Waals surface area contributed by atoms with Crippen LogP contribution in [0.3, 0.4) is 0 Å². The summed E-state index contributed by atoms with van der Waals surface area (Å²) in [7, 11) is 0. The van der Waals surface area contributed by atoms with Gasteiger partial charge in [0.15, 0.2) is 0 Å². The Bertz CT molecular complexity index is 739. The number of rotatable bonds is 4. The minimum absolute atomic E-state index is 0.0652. The number of hydrogen-bond donors (Lipinski definition) is 0. The zero-order chi connectivity index (χ0) is 16.0. The summed E-state index contributed by atoms with van der Waals surface area (Å²) >= 11 is 6.07. The van der Waals surface area contributed by atoms with E-state index in [1.54, 1.807) is 6.08 Å². The number of hydrogen-bond acceptors (Lipinski definition) is 6. The van der Waals surface area contributed by atoms with Crippen LogP contribution < -0.4 is 0 Å². The van der Waals surface area contributed by atoms with Crippen molar-refractivity contribution in [2.24, 2.45) is 20.2 Å². The van der Waals surface area contributed by atoms with Gasteiger partial charge in [-0.2, -0.15) is 20.2 Å². The number of aliphatic imine (C=N–C) groups is 2. The lowest BCUT2D eigenvalue weighted by Crippen LogP contribution is -2.25. The van der Waals surface area contributed by atoms with Gasteiger partial charge in [0.05, 0.1) is 10.7 Å². The number of benzene rings is 1. The van der Waals surface area contributed by atoms with Crippen LogP contribution in [0.5, 0.6) is 0 Å². The van der Waals surface area contributed by atoms with E-state index in [0.717, 1.165) is 11.3 Å². The maximum atomic E-state index is 10.5. The van der Waals surface area contributed by atoms with E-state index in [-0.39, 0.29) is 5.03 Å². The van der Waals surface area contributed by atoms with Crippen LogP contribution in [-0.2, 0) is 9.59 Å². The van der Waals surface area contributed by atoms with Gasteiger partial charge < -0.3 is 0 Å². The van der Waals surface area contributed by atoms with Gasteiger partial charge in [0.1, 0.15) is 6.04 Å². The molecule has 0 aliphatic heterocycles. The number of azo groups is 1. The first kappa shape index (κ1) is 15.7. The van der Waals surface area contributed by atoms with Crippen LogP contribution in [0.1, 0.15) is 5.56 Å². The van der Waals surface area contributed by atoms with Gasteiger partial charge in [0.25, 0.3) is 0 Å². The van der Waals surface area contributed by atoms with Crippen LogP contribution in [0, 0.1) is 6.92 Å². The normalized spacial score (nSPS) is 23.5. The molecule has 6 nitrogen and oxygen atoms in total. The molecule has 0 bridgehead atoms. The van der Waals surface area contributed by atoms with E-state index in [4.69, 9.17) is 11.6 Å². The lowest BCUT2D eigenvalue weighted by molar-refractivity contribution is 0.541. The van der Waals surface area contributed by atoms with Crippen molar-refractivity contribution >= 4 is 29.4 Å². The van der Waals surface area contributed by atoms with Gasteiger partial charge in [0, 0.05) is 0 Å². The average molecular weight is 315 g/mol. The average Bonchev–Trinajstić information content (AvgIpc) is 2.50. The van der Waals surface area contributed by atoms with Crippen LogP contribution in [0.4, 0.5) is 5.69 Å². The lowest BCUT2D eigenvalue weighted by Gasteiger charge is -2.21. The molecule has 7 heteroatoms. The summed E-state index contributed by atoms with van der Waals surface area (Å²) in [6.45, 7) is 1.93. The van der Waals surface area contributed by atoms with Gasteiger partial charge in [-0.05, 0) is 30.7 Å². The zero-order valence-corrected chi connectivity index (χ0v) is 12.4. The highest BCUT2D eigenvalue weighted by Gasteiger charge is 2.34. The maximum absolute atomic E-state index is 10.5. The maximum Gasteiger partial charge on any atom is 0.238 e. The monoisotopic (exact) mass is 314 g/mol. The van der Waals surface area contributed by atoms with Crippen LogP contribution in [0.15, 0.2) is 67.7 Å². The highest BCUT2D eigenvalue weighted by Crippen LogP contribution is 2.33. The topological polar surface area (TPSA) is 83.6 Å². The van der Waals surface area contributed by atoms with Crippen LogP contribution in [0.25, 0.3) is 0 Å². The van der Waals surface area contributed by atoms with Gasteiger partial charge in [-0.25, -0.2) is 9.59 Å². The predicted octanol–water partition coefficient (Wildman–Crippen LogP) is 3.51. The highest BCUT2D eigenvalue weighted by atomic mass is 35.5. The molecule has 0 saturated heterocycles. The Hall–Kier alpha value is -2.65. The quantitative estimate of drug-likeness (QED) is 0.368. The molecule has 0 saturated carbocycles. The second kappa shape index (κ2) is 6.87.